The maximum atomic E-state index is 12.0. The van der Waals surface area contributed by atoms with Crippen molar-refractivity contribution in [2.24, 2.45) is 16.1 Å². The summed E-state index contributed by atoms with van der Waals surface area (Å²) in [4.78, 5) is 22.5. The number of hydrogen-bond donors (Lipinski definition) is 2. The third-order valence-corrected chi connectivity index (χ3v) is 5.26. The molecule has 2 aromatic rings. The SMILES string of the molecule is [2H]C([2H])(O)C(CCCCCCOc1ccc(N=Nc2ccc(C#N)cc2)cc1)C([2H])([2H])OC(=O)CCCCC(=O)O. The lowest BCUT2D eigenvalue weighted by Gasteiger charge is -2.14. The van der Waals surface area contributed by atoms with Crippen molar-refractivity contribution in [3.05, 3.63) is 54.1 Å². The quantitative estimate of drug-likeness (QED) is 0.139. The molecule has 2 aromatic carbocycles. The predicted molar refractivity (Wildman–Crippen MR) is 138 cm³/mol. The van der Waals surface area contributed by atoms with Crippen LogP contribution in [0.2, 0.25) is 0 Å². The molecule has 0 heterocycles. The monoisotopic (exact) mass is 513 g/mol. The summed E-state index contributed by atoms with van der Waals surface area (Å²) < 4.78 is 41.9. The zero-order valence-corrected chi connectivity index (χ0v) is 20.6. The molecule has 0 amide bonds. The molecule has 0 aliphatic rings. The molecular formula is C28H35N3O6. The second-order valence-corrected chi connectivity index (χ2v) is 8.28. The van der Waals surface area contributed by atoms with Gasteiger partial charge in [-0.25, -0.2) is 0 Å². The Bertz CT molecular complexity index is 1180. The van der Waals surface area contributed by atoms with Gasteiger partial charge in [-0.05, 0) is 74.2 Å². The van der Waals surface area contributed by atoms with Gasteiger partial charge in [-0.2, -0.15) is 15.5 Å². The second kappa shape index (κ2) is 17.6. The van der Waals surface area contributed by atoms with Gasteiger partial charge in [-0.15, -0.1) is 0 Å². The van der Waals surface area contributed by atoms with Gasteiger partial charge in [-0.3, -0.25) is 9.59 Å². The Kier molecular flexibility index (Phi) is 11.3. The van der Waals surface area contributed by atoms with E-state index in [-0.39, 0.29) is 32.1 Å². The molecule has 9 heteroatoms. The molecule has 0 aliphatic heterocycles. The van der Waals surface area contributed by atoms with Gasteiger partial charge in [0.1, 0.15) is 5.75 Å². The first kappa shape index (κ1) is 23.6. The largest absolute Gasteiger partial charge is 0.494 e. The Balaban J connectivity index is 1.70. The highest BCUT2D eigenvalue weighted by Gasteiger charge is 2.11. The number of aliphatic hydroxyl groups is 1. The number of esters is 1. The number of carboxylic acids is 1. The van der Waals surface area contributed by atoms with E-state index >= 15 is 0 Å². The molecule has 1 atom stereocenters. The number of nitriles is 1. The fraction of sp³-hybridized carbons (Fsp3) is 0.464. The van der Waals surface area contributed by atoms with Crippen molar-refractivity contribution in [3.63, 3.8) is 0 Å². The first-order chi connectivity index (χ1) is 19.4. The van der Waals surface area contributed by atoms with Crippen molar-refractivity contribution in [1.29, 1.82) is 5.26 Å². The number of ether oxygens (including phenoxy) is 2. The highest BCUT2D eigenvalue weighted by atomic mass is 16.5. The molecule has 0 aliphatic carbocycles. The average molecular weight is 514 g/mol. The van der Waals surface area contributed by atoms with Crippen LogP contribution in [0.25, 0.3) is 0 Å². The number of benzene rings is 2. The van der Waals surface area contributed by atoms with Gasteiger partial charge in [-0.1, -0.05) is 19.3 Å². The first-order valence-corrected chi connectivity index (χ1v) is 12.2. The van der Waals surface area contributed by atoms with E-state index < -0.39 is 31.0 Å². The Morgan fingerprint density at radius 1 is 0.919 bits per heavy atom. The van der Waals surface area contributed by atoms with Gasteiger partial charge in [0.2, 0.25) is 0 Å². The standard InChI is InChI=1S/C28H35N3O6/c29-19-22-10-12-24(13-11-22)30-31-25-14-16-26(17-15-25)36-18-6-2-1-3-7-23(20-32)21-37-28(35)9-5-4-8-27(33)34/h10-17,23,32H,1-9,18,20-21H2,(H,33,34)/i20D2,21D2. The molecule has 9 nitrogen and oxygen atoms in total. The van der Waals surface area contributed by atoms with Crippen molar-refractivity contribution in [2.75, 3.05) is 19.7 Å². The van der Waals surface area contributed by atoms with Crippen LogP contribution in [0.1, 0.15) is 68.8 Å². The number of carboxylic acid groups (broad SMARTS) is 1. The van der Waals surface area contributed by atoms with Crippen molar-refractivity contribution in [1.82, 2.24) is 0 Å². The summed E-state index contributed by atoms with van der Waals surface area (Å²) in [6.07, 6.45) is 2.55. The van der Waals surface area contributed by atoms with Gasteiger partial charge in [0.25, 0.3) is 0 Å². The Labute approximate surface area is 223 Å². The maximum absolute atomic E-state index is 12.0. The van der Waals surface area contributed by atoms with E-state index in [4.69, 9.17) is 25.3 Å². The van der Waals surface area contributed by atoms with Crippen LogP contribution in [0.5, 0.6) is 5.75 Å². The van der Waals surface area contributed by atoms with Crippen molar-refractivity contribution >= 4 is 23.3 Å². The topological polar surface area (TPSA) is 142 Å². The summed E-state index contributed by atoms with van der Waals surface area (Å²) in [5, 5.41) is 35.7. The lowest BCUT2D eigenvalue weighted by molar-refractivity contribution is -0.146. The summed E-state index contributed by atoms with van der Waals surface area (Å²) >= 11 is 0. The molecule has 198 valence electrons. The van der Waals surface area contributed by atoms with Crippen LogP contribution in [-0.4, -0.2) is 41.9 Å². The number of carbonyl (C=O) groups is 2. The van der Waals surface area contributed by atoms with Crippen LogP contribution < -0.4 is 4.74 Å². The molecular weight excluding hydrogens is 474 g/mol. The first-order valence-electron chi connectivity index (χ1n) is 14.2. The van der Waals surface area contributed by atoms with Crippen LogP contribution in [0, 0.1) is 17.2 Å². The number of carbonyl (C=O) groups excluding carboxylic acids is 1. The Morgan fingerprint density at radius 2 is 1.54 bits per heavy atom. The molecule has 0 saturated heterocycles. The average Bonchev–Trinajstić information content (AvgIpc) is 2.91. The highest BCUT2D eigenvalue weighted by Crippen LogP contribution is 2.22. The van der Waals surface area contributed by atoms with E-state index in [1.807, 2.05) is 6.07 Å². The zero-order chi connectivity index (χ0) is 30.3. The van der Waals surface area contributed by atoms with Gasteiger partial charge in [0.05, 0.1) is 41.7 Å². The minimum absolute atomic E-state index is 0.0395. The Hall–Kier alpha value is -3.77. The summed E-state index contributed by atoms with van der Waals surface area (Å²) in [5.74, 6) is -2.83. The molecule has 1 unspecified atom stereocenters. The molecule has 0 saturated carbocycles. The van der Waals surface area contributed by atoms with Crippen LogP contribution in [-0.2, 0) is 14.3 Å². The van der Waals surface area contributed by atoms with Crippen molar-refractivity contribution in [3.8, 4) is 11.8 Å². The summed E-state index contributed by atoms with van der Waals surface area (Å²) in [5.41, 5.74) is 1.82. The third kappa shape index (κ3) is 13.2. The third-order valence-electron chi connectivity index (χ3n) is 5.26. The fourth-order valence-electron chi connectivity index (χ4n) is 3.20. The number of rotatable bonds is 18. The molecule has 2 rings (SSSR count). The Morgan fingerprint density at radius 3 is 2.16 bits per heavy atom. The summed E-state index contributed by atoms with van der Waals surface area (Å²) in [7, 11) is 0. The normalized spacial score (nSPS) is 14.1. The van der Waals surface area contributed by atoms with Crippen LogP contribution in [0.3, 0.4) is 0 Å². The van der Waals surface area contributed by atoms with E-state index in [2.05, 4.69) is 10.2 Å². The van der Waals surface area contributed by atoms with Crippen LogP contribution in [0.15, 0.2) is 58.8 Å². The summed E-state index contributed by atoms with van der Waals surface area (Å²) in [6, 6.07) is 15.9. The molecule has 0 radical (unpaired) electrons. The number of azo groups is 1. The van der Waals surface area contributed by atoms with Gasteiger partial charge in [0, 0.05) is 25.3 Å². The van der Waals surface area contributed by atoms with Crippen molar-refractivity contribution < 1.29 is 34.8 Å². The van der Waals surface area contributed by atoms with E-state index in [1.54, 1.807) is 48.5 Å². The number of hydrogen-bond acceptors (Lipinski definition) is 8. The van der Waals surface area contributed by atoms with Crippen molar-refractivity contribution in [2.45, 2.75) is 57.8 Å². The van der Waals surface area contributed by atoms with E-state index in [0.717, 1.165) is 6.42 Å². The fourth-order valence-corrected chi connectivity index (χ4v) is 3.20. The molecule has 0 aromatic heterocycles. The van der Waals surface area contributed by atoms with Gasteiger partial charge < -0.3 is 19.7 Å². The van der Waals surface area contributed by atoms with E-state index in [1.165, 1.54) is 0 Å². The lowest BCUT2D eigenvalue weighted by atomic mass is 10.0. The van der Waals surface area contributed by atoms with E-state index in [0.29, 0.717) is 48.6 Å². The maximum Gasteiger partial charge on any atom is 0.305 e. The van der Waals surface area contributed by atoms with Crippen LogP contribution in [0.4, 0.5) is 11.4 Å². The molecule has 2 N–H and O–H groups in total. The summed E-state index contributed by atoms with van der Waals surface area (Å²) in [6.45, 7) is -5.18. The second-order valence-electron chi connectivity index (χ2n) is 8.28. The zero-order valence-electron chi connectivity index (χ0n) is 24.6. The lowest BCUT2D eigenvalue weighted by Crippen LogP contribution is -2.17. The predicted octanol–water partition coefficient (Wildman–Crippen LogP) is 6.10. The molecule has 0 bridgehead atoms. The number of unbranched alkanes of at least 4 members (excludes halogenated alkanes) is 4. The van der Waals surface area contributed by atoms with Gasteiger partial charge in [0.15, 0.2) is 0 Å². The minimum Gasteiger partial charge on any atom is -0.494 e. The van der Waals surface area contributed by atoms with E-state index in [9.17, 15) is 14.7 Å². The van der Waals surface area contributed by atoms with Gasteiger partial charge >= 0.3 is 11.9 Å². The van der Waals surface area contributed by atoms with Crippen LogP contribution >= 0.6 is 0 Å². The number of aliphatic carboxylic acids is 1. The minimum atomic E-state index is -2.90. The molecule has 0 fully saturated rings. The highest BCUT2D eigenvalue weighted by molar-refractivity contribution is 5.69. The number of nitrogens with zero attached hydrogens (tertiary/aromatic N) is 3. The molecule has 0 spiro atoms. The molecule has 37 heavy (non-hydrogen) atoms. The smallest absolute Gasteiger partial charge is 0.305 e.